The number of aromatic amines is 1. The topological polar surface area (TPSA) is 42.1 Å². The first kappa shape index (κ1) is 11.0. The maximum atomic E-state index is 12.4. The first-order chi connectivity index (χ1) is 8.27. The number of H-pyrrole nitrogens is 1. The summed E-state index contributed by atoms with van der Waals surface area (Å²) in [4.78, 5) is 15.5. The molecule has 0 spiro atoms. The van der Waals surface area contributed by atoms with E-state index in [2.05, 4.69) is 20.9 Å². The molecule has 0 bridgehead atoms. The summed E-state index contributed by atoms with van der Waals surface area (Å²) in [7, 11) is 0. The monoisotopic (exact) mass is 293 g/mol. The molecular formula is C13H12BrNO2. The summed E-state index contributed by atoms with van der Waals surface area (Å²) in [5, 5.41) is 0.976. The third-order valence-electron chi connectivity index (χ3n) is 3.22. The van der Waals surface area contributed by atoms with E-state index in [0.29, 0.717) is 13.2 Å². The van der Waals surface area contributed by atoms with Gasteiger partial charge in [-0.15, -0.1) is 0 Å². The molecule has 17 heavy (non-hydrogen) atoms. The predicted octanol–water partition coefficient (Wildman–Crippen LogP) is 3.15. The number of ketones is 1. The molecule has 0 radical (unpaired) electrons. The highest BCUT2D eigenvalue weighted by atomic mass is 79.9. The Labute approximate surface area is 107 Å². The normalized spacial score (nSPS) is 19.9. The Morgan fingerprint density at radius 3 is 3.12 bits per heavy atom. The van der Waals surface area contributed by atoms with Crippen LogP contribution in [-0.2, 0) is 4.74 Å². The average Bonchev–Trinajstić information content (AvgIpc) is 2.98. The van der Waals surface area contributed by atoms with Gasteiger partial charge >= 0.3 is 0 Å². The van der Waals surface area contributed by atoms with Gasteiger partial charge in [0.2, 0.25) is 0 Å². The van der Waals surface area contributed by atoms with Gasteiger partial charge in [0.1, 0.15) is 0 Å². The van der Waals surface area contributed by atoms with Gasteiger partial charge in [0.25, 0.3) is 0 Å². The highest BCUT2D eigenvalue weighted by Crippen LogP contribution is 2.30. The molecular weight excluding hydrogens is 282 g/mol. The zero-order valence-electron chi connectivity index (χ0n) is 9.20. The SMILES string of the molecule is O=C(c1c[nH]c2cccc(Br)c12)C1CCOC1. The van der Waals surface area contributed by atoms with Crippen molar-refractivity contribution in [3.05, 3.63) is 34.4 Å². The lowest BCUT2D eigenvalue weighted by Gasteiger charge is -2.05. The van der Waals surface area contributed by atoms with Crippen LogP contribution >= 0.6 is 15.9 Å². The van der Waals surface area contributed by atoms with E-state index in [1.807, 2.05) is 18.2 Å². The smallest absolute Gasteiger partial charge is 0.170 e. The van der Waals surface area contributed by atoms with Crippen molar-refractivity contribution in [2.75, 3.05) is 13.2 Å². The molecule has 88 valence electrons. The van der Waals surface area contributed by atoms with Gasteiger partial charge in [-0.2, -0.15) is 0 Å². The van der Waals surface area contributed by atoms with Gasteiger partial charge in [-0.25, -0.2) is 0 Å². The summed E-state index contributed by atoms with van der Waals surface area (Å²) >= 11 is 3.50. The number of carbonyl (C=O) groups is 1. The Morgan fingerprint density at radius 2 is 2.35 bits per heavy atom. The molecule has 0 amide bonds. The number of carbonyl (C=O) groups excluding carboxylic acids is 1. The second-order valence-corrected chi connectivity index (χ2v) is 5.14. The fourth-order valence-electron chi connectivity index (χ4n) is 2.30. The zero-order valence-corrected chi connectivity index (χ0v) is 10.8. The quantitative estimate of drug-likeness (QED) is 0.865. The Kier molecular flexibility index (Phi) is 2.76. The zero-order chi connectivity index (χ0) is 11.8. The van der Waals surface area contributed by atoms with Crippen molar-refractivity contribution in [2.45, 2.75) is 6.42 Å². The highest BCUT2D eigenvalue weighted by Gasteiger charge is 2.26. The van der Waals surface area contributed by atoms with E-state index in [0.717, 1.165) is 27.4 Å². The molecule has 1 atom stereocenters. The van der Waals surface area contributed by atoms with Crippen LogP contribution in [0.25, 0.3) is 10.9 Å². The number of nitrogens with one attached hydrogen (secondary N) is 1. The summed E-state index contributed by atoms with van der Waals surface area (Å²) in [5.74, 6) is 0.196. The number of Topliss-reactive ketones (excluding diaryl/α,β-unsaturated/α-hetero) is 1. The minimum atomic E-state index is 0.0149. The highest BCUT2D eigenvalue weighted by molar-refractivity contribution is 9.10. The first-order valence-electron chi connectivity index (χ1n) is 5.65. The molecule has 1 fully saturated rings. The Bertz CT molecular complexity index is 570. The summed E-state index contributed by atoms with van der Waals surface area (Å²) in [6.45, 7) is 1.25. The van der Waals surface area contributed by atoms with E-state index in [4.69, 9.17) is 4.74 Å². The minimum Gasteiger partial charge on any atom is -0.381 e. The Hall–Kier alpha value is -1.13. The van der Waals surface area contributed by atoms with Gasteiger partial charge in [0.15, 0.2) is 5.78 Å². The first-order valence-corrected chi connectivity index (χ1v) is 6.44. The number of halogens is 1. The van der Waals surface area contributed by atoms with E-state index in [1.165, 1.54) is 0 Å². The lowest BCUT2D eigenvalue weighted by molar-refractivity contribution is 0.0902. The molecule has 1 saturated heterocycles. The van der Waals surface area contributed by atoms with Crippen LogP contribution in [0, 0.1) is 5.92 Å². The largest absolute Gasteiger partial charge is 0.381 e. The number of fused-ring (bicyclic) bond motifs is 1. The molecule has 1 aliphatic rings. The second-order valence-electron chi connectivity index (χ2n) is 4.29. The van der Waals surface area contributed by atoms with E-state index in [9.17, 15) is 4.79 Å². The lowest BCUT2D eigenvalue weighted by atomic mass is 9.97. The van der Waals surface area contributed by atoms with Crippen LogP contribution in [0.15, 0.2) is 28.9 Å². The van der Waals surface area contributed by atoms with E-state index >= 15 is 0 Å². The molecule has 4 heteroatoms. The molecule has 1 unspecified atom stereocenters. The van der Waals surface area contributed by atoms with E-state index < -0.39 is 0 Å². The van der Waals surface area contributed by atoms with E-state index in [-0.39, 0.29) is 11.7 Å². The molecule has 1 aliphatic heterocycles. The van der Waals surface area contributed by atoms with Crippen molar-refractivity contribution < 1.29 is 9.53 Å². The van der Waals surface area contributed by atoms with Crippen LogP contribution in [0.4, 0.5) is 0 Å². The molecule has 0 aliphatic carbocycles. The second kappa shape index (κ2) is 4.27. The molecule has 3 rings (SSSR count). The number of aromatic nitrogens is 1. The van der Waals surface area contributed by atoms with Crippen molar-refractivity contribution in [1.29, 1.82) is 0 Å². The molecule has 3 nitrogen and oxygen atoms in total. The number of ether oxygens (including phenoxy) is 1. The number of hydrogen-bond acceptors (Lipinski definition) is 2. The van der Waals surface area contributed by atoms with Crippen molar-refractivity contribution in [2.24, 2.45) is 5.92 Å². The van der Waals surface area contributed by atoms with Crippen LogP contribution in [-0.4, -0.2) is 24.0 Å². The lowest BCUT2D eigenvalue weighted by Crippen LogP contribution is -2.14. The summed E-state index contributed by atoms with van der Waals surface area (Å²) < 4.78 is 6.23. The van der Waals surface area contributed by atoms with E-state index in [1.54, 1.807) is 6.20 Å². The molecule has 1 aromatic heterocycles. The molecule has 1 N–H and O–H groups in total. The van der Waals surface area contributed by atoms with Gasteiger partial charge in [0, 0.05) is 39.7 Å². The molecule has 0 saturated carbocycles. The minimum absolute atomic E-state index is 0.0149. The predicted molar refractivity (Wildman–Crippen MR) is 69.3 cm³/mol. The average molecular weight is 294 g/mol. The molecule has 2 aromatic rings. The van der Waals surface area contributed by atoms with Gasteiger partial charge in [-0.1, -0.05) is 22.0 Å². The van der Waals surface area contributed by atoms with Crippen LogP contribution in [0.2, 0.25) is 0 Å². The number of benzene rings is 1. The van der Waals surface area contributed by atoms with Crippen LogP contribution in [0.5, 0.6) is 0 Å². The third-order valence-corrected chi connectivity index (χ3v) is 3.88. The van der Waals surface area contributed by atoms with Crippen molar-refractivity contribution in [3.63, 3.8) is 0 Å². The fraction of sp³-hybridized carbons (Fsp3) is 0.308. The Morgan fingerprint density at radius 1 is 1.47 bits per heavy atom. The van der Waals surface area contributed by atoms with Crippen LogP contribution in [0.1, 0.15) is 16.8 Å². The Balaban J connectivity index is 2.08. The van der Waals surface area contributed by atoms with Gasteiger partial charge in [-0.05, 0) is 18.6 Å². The summed E-state index contributed by atoms with van der Waals surface area (Å²) in [6.07, 6.45) is 2.63. The molecule has 1 aromatic carbocycles. The third kappa shape index (κ3) is 1.81. The summed E-state index contributed by atoms with van der Waals surface area (Å²) in [6, 6.07) is 5.88. The maximum absolute atomic E-state index is 12.4. The van der Waals surface area contributed by atoms with Crippen molar-refractivity contribution in [1.82, 2.24) is 4.98 Å². The van der Waals surface area contributed by atoms with Crippen molar-refractivity contribution in [3.8, 4) is 0 Å². The standard InChI is InChI=1S/C13H12BrNO2/c14-10-2-1-3-11-12(10)9(6-15-11)13(16)8-4-5-17-7-8/h1-3,6,8,15H,4-5,7H2. The maximum Gasteiger partial charge on any atom is 0.170 e. The van der Waals surface area contributed by atoms with Gasteiger partial charge in [0.05, 0.1) is 6.61 Å². The van der Waals surface area contributed by atoms with Gasteiger partial charge < -0.3 is 9.72 Å². The summed E-state index contributed by atoms with van der Waals surface area (Å²) in [5.41, 5.74) is 1.75. The molecule has 2 heterocycles. The van der Waals surface area contributed by atoms with Crippen LogP contribution < -0.4 is 0 Å². The van der Waals surface area contributed by atoms with Crippen molar-refractivity contribution >= 4 is 32.6 Å². The van der Waals surface area contributed by atoms with Crippen LogP contribution in [0.3, 0.4) is 0 Å². The number of hydrogen-bond donors (Lipinski definition) is 1. The fourth-order valence-corrected chi connectivity index (χ4v) is 2.88. The number of rotatable bonds is 2. The van der Waals surface area contributed by atoms with Gasteiger partial charge in [-0.3, -0.25) is 4.79 Å².